The maximum atomic E-state index is 13.8. The number of hydrogen-bond acceptors (Lipinski definition) is 2. The minimum Gasteiger partial charge on any atom is -0.326 e. The van der Waals surface area contributed by atoms with Crippen LogP contribution in [0.2, 0.25) is 0 Å². The van der Waals surface area contributed by atoms with Crippen molar-refractivity contribution in [1.82, 2.24) is 0 Å². The third kappa shape index (κ3) is 2.92. The summed E-state index contributed by atoms with van der Waals surface area (Å²) < 4.78 is 13.8. The molecule has 0 aliphatic carbocycles. The third-order valence-electron chi connectivity index (χ3n) is 2.90. The van der Waals surface area contributed by atoms with Gasteiger partial charge in [0.2, 0.25) is 0 Å². The molecule has 0 saturated carbocycles. The van der Waals surface area contributed by atoms with E-state index in [1.807, 2.05) is 18.2 Å². The van der Waals surface area contributed by atoms with Crippen molar-refractivity contribution in [3.8, 4) is 0 Å². The lowest BCUT2D eigenvalue weighted by Gasteiger charge is -2.10. The van der Waals surface area contributed by atoms with Crippen LogP contribution in [0.25, 0.3) is 0 Å². The van der Waals surface area contributed by atoms with E-state index >= 15 is 0 Å². The van der Waals surface area contributed by atoms with E-state index in [0.29, 0.717) is 11.4 Å². The van der Waals surface area contributed by atoms with Gasteiger partial charge in [-0.3, -0.25) is 0 Å². The second kappa shape index (κ2) is 6.03. The molecule has 94 valence electrons. The fourth-order valence-electron chi connectivity index (χ4n) is 1.80. The van der Waals surface area contributed by atoms with Gasteiger partial charge in [0.25, 0.3) is 0 Å². The molecular formula is C15H16FNS. The summed E-state index contributed by atoms with van der Waals surface area (Å²) in [5.74, 6) is 0.581. The molecule has 0 fully saturated rings. The summed E-state index contributed by atoms with van der Waals surface area (Å²) >= 11 is 1.51. The zero-order valence-corrected chi connectivity index (χ0v) is 11.1. The number of thioether (sulfide) groups is 1. The summed E-state index contributed by atoms with van der Waals surface area (Å²) in [5, 5.41) is 0. The highest BCUT2D eigenvalue weighted by Gasteiger charge is 2.08. The summed E-state index contributed by atoms with van der Waals surface area (Å²) in [6, 6.07) is 13.2. The van der Waals surface area contributed by atoms with Crippen molar-refractivity contribution in [2.75, 3.05) is 0 Å². The molecule has 0 spiro atoms. The number of aryl methyl sites for hydroxylation is 1. The minimum absolute atomic E-state index is 0.184. The predicted octanol–water partition coefficient (Wildman–Crippen LogP) is 3.89. The Balaban J connectivity index is 2.18. The third-order valence-corrected chi connectivity index (χ3v) is 4.10. The highest BCUT2D eigenvalue weighted by Crippen LogP contribution is 2.29. The topological polar surface area (TPSA) is 26.0 Å². The van der Waals surface area contributed by atoms with Crippen LogP contribution in [0.4, 0.5) is 4.39 Å². The Morgan fingerprint density at radius 2 is 1.78 bits per heavy atom. The first kappa shape index (κ1) is 13.1. The van der Waals surface area contributed by atoms with E-state index in [9.17, 15) is 4.39 Å². The predicted molar refractivity (Wildman–Crippen MR) is 75.0 cm³/mol. The highest BCUT2D eigenvalue weighted by atomic mass is 32.2. The van der Waals surface area contributed by atoms with Crippen molar-refractivity contribution < 1.29 is 4.39 Å². The second-order valence-corrected chi connectivity index (χ2v) is 5.13. The summed E-state index contributed by atoms with van der Waals surface area (Å²) in [4.78, 5) is 0.670. The normalized spacial score (nSPS) is 10.6. The van der Waals surface area contributed by atoms with Crippen LogP contribution < -0.4 is 5.73 Å². The summed E-state index contributed by atoms with van der Waals surface area (Å²) in [6.07, 6.45) is 0. The number of benzene rings is 2. The van der Waals surface area contributed by atoms with Crippen LogP contribution in [0, 0.1) is 12.7 Å². The Morgan fingerprint density at radius 3 is 2.50 bits per heavy atom. The maximum absolute atomic E-state index is 13.8. The summed E-state index contributed by atoms with van der Waals surface area (Å²) in [5.41, 5.74) is 8.97. The van der Waals surface area contributed by atoms with Crippen LogP contribution in [-0.2, 0) is 12.3 Å². The molecule has 0 unspecified atom stereocenters. The Kier molecular flexibility index (Phi) is 4.39. The number of halogens is 1. The number of hydrogen-bond donors (Lipinski definition) is 1. The molecule has 2 aromatic carbocycles. The molecule has 0 aliphatic heterocycles. The van der Waals surface area contributed by atoms with Crippen LogP contribution >= 0.6 is 11.8 Å². The first-order valence-corrected chi connectivity index (χ1v) is 6.85. The average molecular weight is 261 g/mol. The van der Waals surface area contributed by atoms with E-state index in [1.165, 1.54) is 29.0 Å². The van der Waals surface area contributed by atoms with Gasteiger partial charge in [-0.15, -0.1) is 11.8 Å². The first-order chi connectivity index (χ1) is 8.72. The maximum Gasteiger partial charge on any atom is 0.137 e. The standard InChI is InChI=1S/C15H16FNS/c1-11-5-2-3-6-13(11)10-18-15-12(9-17)7-4-8-14(15)16/h2-8H,9-10,17H2,1H3. The van der Waals surface area contributed by atoms with Crippen molar-refractivity contribution in [2.24, 2.45) is 5.73 Å². The Hall–Kier alpha value is -1.32. The molecule has 3 heteroatoms. The molecule has 0 saturated heterocycles. The van der Waals surface area contributed by atoms with Gasteiger partial charge in [0.1, 0.15) is 5.82 Å². The van der Waals surface area contributed by atoms with Crippen molar-refractivity contribution in [1.29, 1.82) is 0 Å². The number of rotatable bonds is 4. The molecule has 2 N–H and O–H groups in total. The van der Waals surface area contributed by atoms with Gasteiger partial charge in [0.05, 0.1) is 0 Å². The highest BCUT2D eigenvalue weighted by molar-refractivity contribution is 7.98. The van der Waals surface area contributed by atoms with E-state index < -0.39 is 0 Å². The van der Waals surface area contributed by atoms with Crippen molar-refractivity contribution in [3.05, 3.63) is 65.0 Å². The molecule has 0 atom stereocenters. The van der Waals surface area contributed by atoms with E-state index in [-0.39, 0.29) is 5.82 Å². The van der Waals surface area contributed by atoms with E-state index in [4.69, 9.17) is 5.73 Å². The van der Waals surface area contributed by atoms with Crippen LogP contribution in [0.1, 0.15) is 16.7 Å². The molecule has 0 amide bonds. The Bertz CT molecular complexity index is 540. The van der Waals surface area contributed by atoms with Gasteiger partial charge in [0.15, 0.2) is 0 Å². The monoisotopic (exact) mass is 261 g/mol. The SMILES string of the molecule is Cc1ccccc1CSc1c(F)cccc1CN. The average Bonchev–Trinajstić information content (AvgIpc) is 2.39. The molecule has 0 heterocycles. The van der Waals surface area contributed by atoms with Crippen molar-refractivity contribution in [3.63, 3.8) is 0 Å². The van der Waals surface area contributed by atoms with Crippen molar-refractivity contribution in [2.45, 2.75) is 24.1 Å². The smallest absolute Gasteiger partial charge is 0.137 e. The second-order valence-electron chi connectivity index (χ2n) is 4.15. The van der Waals surface area contributed by atoms with Crippen LogP contribution in [0.15, 0.2) is 47.4 Å². The molecule has 1 nitrogen and oxygen atoms in total. The van der Waals surface area contributed by atoms with Crippen molar-refractivity contribution >= 4 is 11.8 Å². The van der Waals surface area contributed by atoms with E-state index in [0.717, 1.165) is 11.3 Å². The van der Waals surface area contributed by atoms with Gasteiger partial charge < -0.3 is 5.73 Å². The fraction of sp³-hybridized carbons (Fsp3) is 0.200. The zero-order chi connectivity index (χ0) is 13.0. The lowest BCUT2D eigenvalue weighted by atomic mass is 10.1. The Morgan fingerprint density at radius 1 is 1.06 bits per heavy atom. The quantitative estimate of drug-likeness (QED) is 0.845. The van der Waals surface area contributed by atoms with Crippen LogP contribution in [-0.4, -0.2) is 0 Å². The summed E-state index contributed by atoms with van der Waals surface area (Å²) in [7, 11) is 0. The fourth-order valence-corrected chi connectivity index (χ4v) is 2.96. The molecular weight excluding hydrogens is 245 g/mol. The Labute approximate surface area is 111 Å². The van der Waals surface area contributed by atoms with Gasteiger partial charge in [-0.05, 0) is 29.7 Å². The van der Waals surface area contributed by atoms with Gasteiger partial charge >= 0.3 is 0 Å². The molecule has 2 rings (SSSR count). The van der Waals surface area contributed by atoms with Crippen LogP contribution in [0.5, 0.6) is 0 Å². The molecule has 18 heavy (non-hydrogen) atoms. The minimum atomic E-state index is -0.184. The largest absolute Gasteiger partial charge is 0.326 e. The molecule has 0 aromatic heterocycles. The molecule has 0 radical (unpaired) electrons. The van der Waals surface area contributed by atoms with Gasteiger partial charge in [-0.25, -0.2) is 4.39 Å². The first-order valence-electron chi connectivity index (χ1n) is 5.87. The lowest BCUT2D eigenvalue weighted by molar-refractivity contribution is 0.597. The zero-order valence-electron chi connectivity index (χ0n) is 10.3. The molecule has 0 aliphatic rings. The van der Waals surface area contributed by atoms with E-state index in [1.54, 1.807) is 6.07 Å². The van der Waals surface area contributed by atoms with Gasteiger partial charge in [0, 0.05) is 17.2 Å². The molecule has 2 aromatic rings. The van der Waals surface area contributed by atoms with Gasteiger partial charge in [-0.1, -0.05) is 36.4 Å². The molecule has 0 bridgehead atoms. The summed E-state index contributed by atoms with van der Waals surface area (Å²) in [6.45, 7) is 2.44. The number of nitrogens with two attached hydrogens (primary N) is 1. The van der Waals surface area contributed by atoms with E-state index in [2.05, 4.69) is 19.1 Å². The van der Waals surface area contributed by atoms with Crippen LogP contribution in [0.3, 0.4) is 0 Å². The van der Waals surface area contributed by atoms with Gasteiger partial charge in [-0.2, -0.15) is 0 Å². The lowest BCUT2D eigenvalue weighted by Crippen LogP contribution is -2.00.